The van der Waals surface area contributed by atoms with Crippen LogP contribution in [0.1, 0.15) is 37.9 Å². The molecule has 66 heavy (non-hydrogen) atoms. The van der Waals surface area contributed by atoms with Gasteiger partial charge in [-0.05, 0) is 96.3 Å². The molecule has 1 fully saturated rings. The number of amides is 2. The summed E-state index contributed by atoms with van der Waals surface area (Å²) in [6, 6.07) is 26.4. The number of likely N-dealkylation sites (tertiary alicyclic amines) is 1. The van der Waals surface area contributed by atoms with Crippen molar-refractivity contribution < 1.29 is 53.4 Å². The lowest BCUT2D eigenvalue weighted by Gasteiger charge is -2.29. The van der Waals surface area contributed by atoms with E-state index in [1.54, 1.807) is 35.6 Å². The van der Waals surface area contributed by atoms with Crippen LogP contribution in [0.5, 0.6) is 28.7 Å². The number of benzene rings is 4. The van der Waals surface area contributed by atoms with Crippen molar-refractivity contribution in [2.75, 3.05) is 52.8 Å². The standard InChI is InChI=1S/C50H55N3O11S2/c1-31(2)43(50(59)53-28-38(56)25-44(53)49(58)51-27-33-4-6-34(7-5-33)47-32(3)52-30-65-47)24-39(57)29-62-21-20-60-18-19-61-22-23-63-40-13-15-41(16-14-40)64-46-42-17-12-37(55)26-45(42)66-48(46)35-8-10-36(54)11-9-35/h4-17,26,30-31,38,43-44,54-56H,18-25,27-29H2,1-3H3,(H,51,58)/t38-,43+,44+/m1/s1. The van der Waals surface area contributed by atoms with Gasteiger partial charge in [0.2, 0.25) is 11.8 Å². The minimum atomic E-state index is -0.838. The molecule has 0 saturated carbocycles. The summed E-state index contributed by atoms with van der Waals surface area (Å²) in [5.41, 5.74) is 5.62. The zero-order valence-corrected chi connectivity index (χ0v) is 38.8. The lowest BCUT2D eigenvalue weighted by atomic mass is 9.89. The molecule has 3 atom stereocenters. The van der Waals surface area contributed by atoms with Crippen LogP contribution >= 0.6 is 22.7 Å². The number of ketones is 1. The predicted molar refractivity (Wildman–Crippen MR) is 253 cm³/mol. The van der Waals surface area contributed by atoms with Gasteiger partial charge in [0.15, 0.2) is 11.5 Å². The molecule has 1 aliphatic rings. The Bertz CT molecular complexity index is 2540. The van der Waals surface area contributed by atoms with Crippen LogP contribution in [0.2, 0.25) is 0 Å². The number of nitrogens with one attached hydrogen (secondary N) is 1. The van der Waals surface area contributed by atoms with Crippen LogP contribution in [-0.2, 0) is 35.1 Å². The Hall–Kier alpha value is -5.88. The summed E-state index contributed by atoms with van der Waals surface area (Å²) in [5.74, 6) is 0.502. The number of carbonyl (C=O) groups excluding carboxylic acids is 3. The molecule has 1 aliphatic heterocycles. The number of thiophene rings is 1. The molecule has 7 rings (SSSR count). The monoisotopic (exact) mass is 937 g/mol. The summed E-state index contributed by atoms with van der Waals surface area (Å²) >= 11 is 3.07. The van der Waals surface area contributed by atoms with Crippen LogP contribution in [-0.4, -0.2) is 108 Å². The highest BCUT2D eigenvalue weighted by atomic mass is 32.1. The minimum absolute atomic E-state index is 0.0284. The third-order valence-corrected chi connectivity index (χ3v) is 13.3. The molecular formula is C50H55N3O11S2. The van der Waals surface area contributed by atoms with Gasteiger partial charge < -0.3 is 49.2 Å². The van der Waals surface area contributed by atoms with E-state index in [-0.39, 0.29) is 80.8 Å². The first-order valence-electron chi connectivity index (χ1n) is 21.9. The number of nitrogens with zero attached hydrogens (tertiary/aromatic N) is 2. The molecule has 4 N–H and O–H groups in total. The largest absolute Gasteiger partial charge is 0.508 e. The first-order chi connectivity index (χ1) is 31.9. The molecule has 0 aliphatic carbocycles. The summed E-state index contributed by atoms with van der Waals surface area (Å²) in [6.07, 6.45) is -0.752. The lowest BCUT2D eigenvalue weighted by molar-refractivity contribution is -0.144. The smallest absolute Gasteiger partial charge is 0.243 e. The van der Waals surface area contributed by atoms with Crippen molar-refractivity contribution in [2.45, 2.75) is 52.3 Å². The number of fused-ring (bicyclic) bond motifs is 1. The van der Waals surface area contributed by atoms with Gasteiger partial charge in [0.1, 0.15) is 42.3 Å². The Morgan fingerprint density at radius 3 is 2.12 bits per heavy atom. The molecule has 14 nitrogen and oxygen atoms in total. The fourth-order valence-electron chi connectivity index (χ4n) is 7.62. The number of Topliss-reactive ketones (excluding diaryl/α,β-unsaturated/α-hetero) is 1. The van der Waals surface area contributed by atoms with Crippen LogP contribution in [0, 0.1) is 18.8 Å². The second-order valence-electron chi connectivity index (χ2n) is 16.4. The van der Waals surface area contributed by atoms with Crippen molar-refractivity contribution >= 4 is 50.4 Å². The zero-order chi connectivity index (χ0) is 46.6. The van der Waals surface area contributed by atoms with Crippen molar-refractivity contribution in [3.05, 3.63) is 108 Å². The number of thiazole rings is 1. The molecule has 16 heteroatoms. The van der Waals surface area contributed by atoms with E-state index in [4.69, 9.17) is 23.7 Å². The number of carbonyl (C=O) groups is 3. The summed E-state index contributed by atoms with van der Waals surface area (Å²) in [7, 11) is 0. The van der Waals surface area contributed by atoms with Crippen LogP contribution < -0.4 is 14.8 Å². The van der Waals surface area contributed by atoms with Crippen molar-refractivity contribution in [1.29, 1.82) is 0 Å². The highest BCUT2D eigenvalue weighted by Crippen LogP contribution is 2.47. The van der Waals surface area contributed by atoms with Gasteiger partial charge in [0.05, 0.1) is 60.1 Å². The highest BCUT2D eigenvalue weighted by molar-refractivity contribution is 7.22. The van der Waals surface area contributed by atoms with Crippen LogP contribution in [0.15, 0.2) is 96.5 Å². The fraction of sp³-hybridized carbons (Fsp3) is 0.360. The van der Waals surface area contributed by atoms with Gasteiger partial charge in [0.25, 0.3) is 0 Å². The summed E-state index contributed by atoms with van der Waals surface area (Å²) in [4.78, 5) is 47.8. The summed E-state index contributed by atoms with van der Waals surface area (Å²) in [6.45, 7) is 7.60. The number of aromatic hydroxyl groups is 2. The number of aromatic nitrogens is 1. The van der Waals surface area contributed by atoms with Crippen molar-refractivity contribution in [2.24, 2.45) is 11.8 Å². The SMILES string of the molecule is Cc1ncsc1-c1ccc(CNC(=O)[C@@H]2C[C@@H](O)CN2C(=O)[C@@H](CC(=O)COCCOCCOCCOc2ccc(Oc3c(-c4ccc(O)cc4)sc4cc(O)ccc34)cc2)C(C)C)cc1. The molecule has 348 valence electrons. The Labute approximate surface area is 391 Å². The maximum atomic E-state index is 13.8. The third-order valence-electron chi connectivity index (χ3n) is 11.2. The fourth-order valence-corrected chi connectivity index (χ4v) is 9.60. The number of ether oxygens (including phenoxy) is 5. The second kappa shape index (κ2) is 23.0. The molecular weight excluding hydrogens is 883 g/mol. The molecule has 0 radical (unpaired) electrons. The van der Waals surface area contributed by atoms with Gasteiger partial charge in [-0.1, -0.05) is 38.1 Å². The first kappa shape index (κ1) is 48.1. The minimum Gasteiger partial charge on any atom is -0.508 e. The Morgan fingerprint density at radius 1 is 0.803 bits per heavy atom. The van der Waals surface area contributed by atoms with E-state index in [1.165, 1.54) is 16.2 Å². The van der Waals surface area contributed by atoms with E-state index in [2.05, 4.69) is 10.3 Å². The number of hydrogen-bond donors (Lipinski definition) is 4. The molecule has 6 aromatic rings. The number of aliphatic hydroxyl groups excluding tert-OH is 1. The molecule has 0 bridgehead atoms. The maximum Gasteiger partial charge on any atom is 0.243 e. The average Bonchev–Trinajstić information content (AvgIpc) is 4.03. The maximum absolute atomic E-state index is 13.8. The molecule has 4 aromatic carbocycles. The number of aliphatic hydroxyl groups is 1. The van der Waals surface area contributed by atoms with Crippen molar-refractivity contribution in [3.8, 4) is 49.6 Å². The quantitative estimate of drug-likeness (QED) is 0.0453. The number of hydrogen-bond acceptors (Lipinski definition) is 14. The van der Waals surface area contributed by atoms with E-state index in [0.717, 1.165) is 42.2 Å². The first-order valence-corrected chi connectivity index (χ1v) is 23.6. The van der Waals surface area contributed by atoms with E-state index in [1.807, 2.05) is 93.0 Å². The average molecular weight is 938 g/mol. The number of phenolic OH excluding ortho intramolecular Hbond substituents is 2. The zero-order valence-electron chi connectivity index (χ0n) is 37.1. The molecule has 3 heterocycles. The van der Waals surface area contributed by atoms with Gasteiger partial charge >= 0.3 is 0 Å². The highest BCUT2D eigenvalue weighted by Gasteiger charge is 2.42. The Kier molecular flexibility index (Phi) is 16.8. The number of rotatable bonds is 23. The normalized spacial score (nSPS) is 15.3. The number of phenols is 2. The van der Waals surface area contributed by atoms with Gasteiger partial charge in [-0.2, -0.15) is 0 Å². The lowest BCUT2D eigenvalue weighted by Crippen LogP contribution is -2.48. The Balaban J connectivity index is 0.760. The van der Waals surface area contributed by atoms with Crippen LogP contribution in [0.3, 0.4) is 0 Å². The van der Waals surface area contributed by atoms with Crippen LogP contribution in [0.4, 0.5) is 0 Å². The summed E-state index contributed by atoms with van der Waals surface area (Å²) in [5, 5.41) is 34.1. The Morgan fingerprint density at radius 2 is 1.44 bits per heavy atom. The van der Waals surface area contributed by atoms with Gasteiger partial charge in [-0.15, -0.1) is 22.7 Å². The van der Waals surface area contributed by atoms with E-state index in [0.29, 0.717) is 43.7 Å². The topological polar surface area (TPSA) is 186 Å². The molecule has 2 aromatic heterocycles. The second-order valence-corrected chi connectivity index (χ2v) is 18.3. The molecule has 0 spiro atoms. The van der Waals surface area contributed by atoms with Crippen molar-refractivity contribution in [1.82, 2.24) is 15.2 Å². The van der Waals surface area contributed by atoms with Gasteiger partial charge in [0, 0.05) is 41.9 Å². The number of β-amino-alcohol motifs (C(OH)–C–C–N with tert-alkyl or cyclic N) is 1. The molecule has 1 saturated heterocycles. The van der Waals surface area contributed by atoms with E-state index in [9.17, 15) is 29.7 Å². The third kappa shape index (κ3) is 12.7. The van der Waals surface area contributed by atoms with E-state index < -0.39 is 18.1 Å². The van der Waals surface area contributed by atoms with Crippen LogP contribution in [0.25, 0.3) is 31.0 Å². The number of aryl methyl sites for hydroxylation is 1. The van der Waals surface area contributed by atoms with Gasteiger partial charge in [-0.25, -0.2) is 4.98 Å². The molecule has 2 amide bonds. The predicted octanol–water partition coefficient (Wildman–Crippen LogP) is 8.14. The van der Waals surface area contributed by atoms with E-state index >= 15 is 0 Å². The summed E-state index contributed by atoms with van der Waals surface area (Å²) < 4.78 is 29.9. The van der Waals surface area contributed by atoms with Gasteiger partial charge in [-0.3, -0.25) is 14.4 Å². The molecule has 0 unspecified atom stereocenters. The van der Waals surface area contributed by atoms with Crippen molar-refractivity contribution in [3.63, 3.8) is 0 Å².